The van der Waals surface area contributed by atoms with Crippen LogP contribution < -0.4 is 4.57 Å². The Morgan fingerprint density at radius 1 is 0.929 bits per heavy atom. The Hall–Kier alpha value is -2.35. The fourth-order valence-corrected chi connectivity index (χ4v) is 4.15. The molecule has 0 aliphatic carbocycles. The minimum absolute atomic E-state index is 0.0155. The van der Waals surface area contributed by atoms with E-state index in [1.807, 2.05) is 0 Å². The van der Waals surface area contributed by atoms with Crippen LogP contribution in [0.5, 0.6) is 0 Å². The normalized spacial score (nSPS) is 14.5. The van der Waals surface area contributed by atoms with E-state index in [1.54, 1.807) is 0 Å². The third-order valence-electron chi connectivity index (χ3n) is 6.20. The van der Waals surface area contributed by atoms with Crippen molar-refractivity contribution in [1.29, 1.82) is 0 Å². The monoisotopic (exact) mass is 375 g/mol. The predicted octanol–water partition coefficient (Wildman–Crippen LogP) is 6.12. The van der Waals surface area contributed by atoms with Gasteiger partial charge in [-0.05, 0) is 37.3 Å². The van der Waals surface area contributed by atoms with E-state index in [1.165, 1.54) is 36.8 Å². The van der Waals surface area contributed by atoms with Crippen LogP contribution in [-0.4, -0.2) is 4.57 Å². The first-order chi connectivity index (χ1) is 13.6. The molecular weight excluding hydrogens is 340 g/mol. The number of aryl methyl sites for hydroxylation is 1. The first-order valence-electron chi connectivity index (χ1n) is 10.8. The highest BCUT2D eigenvalue weighted by atomic mass is 15.1. The van der Waals surface area contributed by atoms with Crippen molar-refractivity contribution in [2.24, 2.45) is 0 Å². The van der Waals surface area contributed by atoms with Crippen molar-refractivity contribution in [3.63, 3.8) is 0 Å². The van der Waals surface area contributed by atoms with Crippen LogP contribution in [0.4, 0.5) is 0 Å². The maximum atomic E-state index is 2.41. The van der Waals surface area contributed by atoms with Crippen LogP contribution in [0.2, 0.25) is 0 Å². The minimum Gasteiger partial charge on any atom is -0.237 e. The maximum absolute atomic E-state index is 2.41. The number of hydrogen-bond donors (Lipinski definition) is 0. The molecule has 2 heteroatoms. The number of benzene rings is 2. The number of unbranched alkanes of at least 4 members (excludes halogenated alkanes) is 3. The van der Waals surface area contributed by atoms with Gasteiger partial charge >= 0.3 is 0 Å². The van der Waals surface area contributed by atoms with Gasteiger partial charge < -0.3 is 0 Å². The lowest BCUT2D eigenvalue weighted by molar-refractivity contribution is -0.697. The third kappa shape index (κ3) is 4.92. The second-order valence-electron chi connectivity index (χ2n) is 8.28. The van der Waals surface area contributed by atoms with Gasteiger partial charge in [0.25, 0.3) is 0 Å². The summed E-state index contributed by atoms with van der Waals surface area (Å²) < 4.78 is 4.75. The van der Waals surface area contributed by atoms with Crippen molar-refractivity contribution in [3.05, 3.63) is 90.5 Å². The third-order valence-corrected chi connectivity index (χ3v) is 6.20. The van der Waals surface area contributed by atoms with Crippen LogP contribution in [0.25, 0.3) is 0 Å². The SMILES string of the molecule is CCCCCC[n+]1ccn(C(C)C(C)(Cc2ccccc2)c2ccccc2)c1. The fraction of sp³-hybridized carbons (Fsp3) is 0.423. The highest BCUT2D eigenvalue weighted by Gasteiger charge is 2.37. The molecule has 3 aromatic rings. The standard InChI is InChI=1S/C26H35N2/c1-4-5-6-13-18-27-19-20-28(22-27)23(2)26(3,25-16-11-8-12-17-25)21-24-14-9-7-10-15-24/h7-12,14-17,19-20,22-23H,4-6,13,18,21H2,1-3H3/q+1. The van der Waals surface area contributed by atoms with Crippen molar-refractivity contribution in [3.8, 4) is 0 Å². The second-order valence-corrected chi connectivity index (χ2v) is 8.28. The predicted molar refractivity (Wildman–Crippen MR) is 117 cm³/mol. The van der Waals surface area contributed by atoms with E-state index in [0.717, 1.165) is 13.0 Å². The average Bonchev–Trinajstić information content (AvgIpc) is 3.21. The van der Waals surface area contributed by atoms with Gasteiger partial charge in [-0.25, -0.2) is 9.13 Å². The zero-order chi connectivity index (χ0) is 19.8. The molecule has 2 aromatic carbocycles. The first kappa shape index (κ1) is 20.4. The van der Waals surface area contributed by atoms with Gasteiger partial charge in [0.05, 0.1) is 6.54 Å². The summed E-state index contributed by atoms with van der Waals surface area (Å²) in [7, 11) is 0. The lowest BCUT2D eigenvalue weighted by atomic mass is 9.72. The molecule has 1 aromatic heterocycles. The van der Waals surface area contributed by atoms with Crippen LogP contribution in [0.3, 0.4) is 0 Å². The zero-order valence-corrected chi connectivity index (χ0v) is 17.7. The molecule has 0 amide bonds. The Bertz CT molecular complexity index is 822. The second kappa shape index (κ2) is 9.73. The zero-order valence-electron chi connectivity index (χ0n) is 17.7. The molecule has 0 spiro atoms. The molecule has 3 rings (SSSR count). The summed E-state index contributed by atoms with van der Waals surface area (Å²) in [5.74, 6) is 0. The minimum atomic E-state index is 0.0155. The van der Waals surface area contributed by atoms with Crippen LogP contribution in [0.1, 0.15) is 63.6 Å². The van der Waals surface area contributed by atoms with E-state index in [9.17, 15) is 0 Å². The number of hydrogen-bond acceptors (Lipinski definition) is 0. The van der Waals surface area contributed by atoms with E-state index in [0.29, 0.717) is 6.04 Å². The lowest BCUT2D eigenvalue weighted by Gasteiger charge is -2.34. The quantitative estimate of drug-likeness (QED) is 0.298. The summed E-state index contributed by atoms with van der Waals surface area (Å²) in [5, 5.41) is 0. The lowest BCUT2D eigenvalue weighted by Crippen LogP contribution is -2.36. The number of nitrogens with zero attached hydrogens (tertiary/aromatic N) is 2. The van der Waals surface area contributed by atoms with E-state index in [4.69, 9.17) is 0 Å². The molecule has 0 aliphatic rings. The topological polar surface area (TPSA) is 8.81 Å². The van der Waals surface area contributed by atoms with Gasteiger partial charge in [0.15, 0.2) is 0 Å². The molecular formula is C26H35N2+. The highest BCUT2D eigenvalue weighted by Crippen LogP contribution is 2.38. The largest absolute Gasteiger partial charge is 0.243 e. The maximum Gasteiger partial charge on any atom is 0.243 e. The smallest absolute Gasteiger partial charge is 0.237 e. The van der Waals surface area contributed by atoms with Gasteiger partial charge in [0.1, 0.15) is 18.4 Å². The van der Waals surface area contributed by atoms with E-state index in [-0.39, 0.29) is 5.41 Å². The molecule has 2 unspecified atom stereocenters. The summed E-state index contributed by atoms with van der Waals surface area (Å²) in [6.07, 6.45) is 13.0. The van der Waals surface area contributed by atoms with Crippen LogP contribution >= 0.6 is 0 Å². The molecule has 0 aliphatic heterocycles. The van der Waals surface area contributed by atoms with Crippen LogP contribution in [0.15, 0.2) is 79.4 Å². The van der Waals surface area contributed by atoms with Gasteiger partial charge in [-0.2, -0.15) is 0 Å². The summed E-state index contributed by atoms with van der Waals surface area (Å²) in [6.45, 7) is 8.14. The van der Waals surface area contributed by atoms with Crippen molar-refractivity contribution in [2.75, 3.05) is 0 Å². The fourth-order valence-electron chi connectivity index (χ4n) is 4.15. The van der Waals surface area contributed by atoms with E-state index in [2.05, 4.69) is 109 Å². The number of imidazole rings is 1. The van der Waals surface area contributed by atoms with Gasteiger partial charge in [0, 0.05) is 5.41 Å². The Kier molecular flexibility index (Phi) is 7.08. The van der Waals surface area contributed by atoms with Gasteiger partial charge in [-0.1, -0.05) is 87.4 Å². The van der Waals surface area contributed by atoms with Gasteiger partial charge in [-0.15, -0.1) is 0 Å². The molecule has 0 saturated carbocycles. The highest BCUT2D eigenvalue weighted by molar-refractivity contribution is 5.30. The van der Waals surface area contributed by atoms with Crippen LogP contribution in [0, 0.1) is 0 Å². The molecule has 2 nitrogen and oxygen atoms in total. The molecule has 28 heavy (non-hydrogen) atoms. The van der Waals surface area contributed by atoms with E-state index < -0.39 is 0 Å². The molecule has 148 valence electrons. The van der Waals surface area contributed by atoms with Crippen LogP contribution in [-0.2, 0) is 18.4 Å². The molecule has 0 radical (unpaired) electrons. The average molecular weight is 376 g/mol. The number of aromatic nitrogens is 2. The summed E-state index contributed by atoms with van der Waals surface area (Å²) in [4.78, 5) is 0. The summed E-state index contributed by atoms with van der Waals surface area (Å²) >= 11 is 0. The van der Waals surface area contributed by atoms with Crippen molar-refractivity contribution >= 4 is 0 Å². The Morgan fingerprint density at radius 2 is 1.61 bits per heavy atom. The van der Waals surface area contributed by atoms with Gasteiger partial charge in [-0.3, -0.25) is 0 Å². The Labute approximate surface area is 170 Å². The molecule has 0 bridgehead atoms. The molecule has 0 N–H and O–H groups in total. The molecule has 0 fully saturated rings. The first-order valence-corrected chi connectivity index (χ1v) is 10.8. The molecule has 2 atom stereocenters. The molecule has 1 heterocycles. The van der Waals surface area contributed by atoms with Crippen molar-refractivity contribution in [2.45, 2.75) is 70.9 Å². The summed E-state index contributed by atoms with van der Waals surface area (Å²) in [6, 6.07) is 22.2. The van der Waals surface area contributed by atoms with Crippen molar-refractivity contribution in [1.82, 2.24) is 4.57 Å². The van der Waals surface area contributed by atoms with Crippen molar-refractivity contribution < 1.29 is 4.57 Å². The number of rotatable bonds is 10. The molecule has 0 saturated heterocycles. The van der Waals surface area contributed by atoms with E-state index >= 15 is 0 Å². The Morgan fingerprint density at radius 3 is 2.29 bits per heavy atom. The van der Waals surface area contributed by atoms with Gasteiger partial charge in [0.2, 0.25) is 6.33 Å². The summed E-state index contributed by atoms with van der Waals surface area (Å²) in [5.41, 5.74) is 2.80. The Balaban J connectivity index is 1.83.